The van der Waals surface area contributed by atoms with Crippen molar-refractivity contribution in [2.75, 3.05) is 0 Å². The van der Waals surface area contributed by atoms with E-state index in [9.17, 15) is 5.11 Å². The molecule has 2 aromatic rings. The predicted molar refractivity (Wildman–Crippen MR) is 58.4 cm³/mol. The van der Waals surface area contributed by atoms with E-state index < -0.39 is 0 Å². The Morgan fingerprint density at radius 3 is 2.69 bits per heavy atom. The normalized spacial score (nSPS) is 9.62. The summed E-state index contributed by atoms with van der Waals surface area (Å²) in [5.41, 5.74) is 0.546. The summed E-state index contributed by atoms with van der Waals surface area (Å²) < 4.78 is 0. The number of halogens is 1. The first-order valence-corrected chi connectivity index (χ1v) is 3.89. The first kappa shape index (κ1) is 10.4. The monoisotopic (exact) mass is 251 g/mol. The van der Waals surface area contributed by atoms with Crippen LogP contribution in [0.15, 0.2) is 30.5 Å². The Labute approximate surface area is 93.6 Å². The van der Waals surface area contributed by atoms with Crippen molar-refractivity contribution in [3.05, 3.63) is 35.5 Å². The standard InChI is InChI=1S/C9H6ClNO.Ga.3H/c10-7-3-4-8(12)9-6(7)2-1-5-11-9;;;;/h1-5,12H;;;;. The number of fused-ring (bicyclic) bond motifs is 1. The average molecular weight is 252 g/mol. The molecule has 4 heteroatoms. The Balaban J connectivity index is 0.000000845. The van der Waals surface area contributed by atoms with Crippen LogP contribution in [-0.2, 0) is 0 Å². The second kappa shape index (κ2) is 4.04. The predicted octanol–water partition coefficient (Wildman–Crippen LogP) is 1.41. The van der Waals surface area contributed by atoms with Crippen LogP contribution >= 0.6 is 11.6 Å². The van der Waals surface area contributed by atoms with Gasteiger partial charge >= 0.3 is 19.8 Å². The van der Waals surface area contributed by atoms with Crippen molar-refractivity contribution < 1.29 is 5.11 Å². The van der Waals surface area contributed by atoms with Gasteiger partial charge in [0.2, 0.25) is 0 Å². The van der Waals surface area contributed by atoms with Crippen LogP contribution in [0.1, 0.15) is 0 Å². The van der Waals surface area contributed by atoms with E-state index in [4.69, 9.17) is 11.6 Å². The molecule has 13 heavy (non-hydrogen) atoms. The molecule has 0 unspecified atom stereocenters. The van der Waals surface area contributed by atoms with Gasteiger partial charge in [-0.25, -0.2) is 0 Å². The van der Waals surface area contributed by atoms with Gasteiger partial charge in [-0.2, -0.15) is 0 Å². The van der Waals surface area contributed by atoms with Crippen LogP contribution in [0.4, 0.5) is 0 Å². The van der Waals surface area contributed by atoms with Crippen molar-refractivity contribution in [2.45, 2.75) is 0 Å². The van der Waals surface area contributed by atoms with Crippen LogP contribution in [0.25, 0.3) is 10.9 Å². The molecule has 66 valence electrons. The Kier molecular flexibility index (Phi) is 3.25. The van der Waals surface area contributed by atoms with Gasteiger partial charge in [-0.15, -0.1) is 0 Å². The second-order valence-corrected chi connectivity index (χ2v) is 2.87. The summed E-state index contributed by atoms with van der Waals surface area (Å²) in [6.07, 6.45) is 1.62. The molecule has 2 nitrogen and oxygen atoms in total. The van der Waals surface area contributed by atoms with Crippen LogP contribution in [-0.4, -0.2) is 29.9 Å². The van der Waals surface area contributed by atoms with Gasteiger partial charge in [0.1, 0.15) is 11.3 Å². The number of phenolic OH excluding ortho intramolecular Hbond substituents is 1. The molecule has 1 aromatic heterocycles. The minimum absolute atomic E-state index is 0. The summed E-state index contributed by atoms with van der Waals surface area (Å²) in [5.74, 6) is 0.162. The third kappa shape index (κ3) is 1.82. The van der Waals surface area contributed by atoms with Gasteiger partial charge in [0, 0.05) is 11.6 Å². The van der Waals surface area contributed by atoms with E-state index in [1.165, 1.54) is 6.07 Å². The van der Waals surface area contributed by atoms with Gasteiger partial charge in [-0.1, -0.05) is 11.6 Å². The van der Waals surface area contributed by atoms with Crippen molar-refractivity contribution >= 4 is 42.3 Å². The van der Waals surface area contributed by atoms with Crippen LogP contribution in [0.5, 0.6) is 5.75 Å². The Bertz CT molecular complexity index is 392. The number of phenols is 1. The van der Waals surface area contributed by atoms with E-state index in [1.807, 2.05) is 6.07 Å². The van der Waals surface area contributed by atoms with E-state index in [0.717, 1.165) is 5.39 Å². The molecule has 0 fully saturated rings. The van der Waals surface area contributed by atoms with Crippen LogP contribution in [0, 0.1) is 0 Å². The fourth-order valence-electron chi connectivity index (χ4n) is 1.12. The third-order valence-corrected chi connectivity index (χ3v) is 2.02. The minimum atomic E-state index is 0. The zero-order valence-electron chi connectivity index (χ0n) is 6.16. The fraction of sp³-hybridized carbons (Fsp3) is 0. The Hall–Kier alpha value is -0.644. The number of nitrogens with zero attached hydrogens (tertiary/aromatic N) is 1. The molecule has 0 spiro atoms. The van der Waals surface area contributed by atoms with E-state index >= 15 is 0 Å². The molecule has 0 aliphatic heterocycles. The maximum atomic E-state index is 9.37. The van der Waals surface area contributed by atoms with Crippen molar-refractivity contribution in [1.82, 2.24) is 4.98 Å². The van der Waals surface area contributed by atoms with Crippen molar-refractivity contribution in [1.29, 1.82) is 0 Å². The quantitative estimate of drug-likeness (QED) is 0.719. The van der Waals surface area contributed by atoms with Crippen molar-refractivity contribution in [3.63, 3.8) is 0 Å². The van der Waals surface area contributed by atoms with Crippen LogP contribution in [0.3, 0.4) is 0 Å². The van der Waals surface area contributed by atoms with Crippen LogP contribution < -0.4 is 0 Å². The molecule has 0 radical (unpaired) electrons. The molecule has 0 atom stereocenters. The summed E-state index contributed by atoms with van der Waals surface area (Å²) in [6.45, 7) is 0. The number of hydrogen-bond donors (Lipinski definition) is 1. The summed E-state index contributed by atoms with van der Waals surface area (Å²) in [5, 5.41) is 10.8. The molecule has 0 bridgehead atoms. The zero-order valence-corrected chi connectivity index (χ0v) is 6.92. The van der Waals surface area contributed by atoms with E-state index in [1.54, 1.807) is 18.3 Å². The van der Waals surface area contributed by atoms with Gasteiger partial charge in [-0.05, 0) is 24.3 Å². The molecule has 0 amide bonds. The summed E-state index contributed by atoms with van der Waals surface area (Å²) in [6, 6.07) is 6.80. The number of aromatic nitrogens is 1. The van der Waals surface area contributed by atoms with Crippen LogP contribution in [0.2, 0.25) is 5.02 Å². The molecular formula is C9H9ClGaNO. The molecule has 1 heterocycles. The molecule has 0 saturated carbocycles. The first-order chi connectivity index (χ1) is 5.79. The van der Waals surface area contributed by atoms with Gasteiger partial charge < -0.3 is 5.11 Å². The van der Waals surface area contributed by atoms with Gasteiger partial charge in [-0.3, -0.25) is 4.98 Å². The topological polar surface area (TPSA) is 33.1 Å². The molecule has 2 rings (SSSR count). The zero-order chi connectivity index (χ0) is 8.55. The summed E-state index contributed by atoms with van der Waals surface area (Å²) in [4.78, 5) is 4.01. The SMILES string of the molecule is Oc1ccc(Cl)c2cccnc12.[GaH3]. The number of hydrogen-bond acceptors (Lipinski definition) is 2. The number of aromatic hydroxyl groups is 1. The van der Waals surface area contributed by atoms with Crippen molar-refractivity contribution in [3.8, 4) is 5.75 Å². The van der Waals surface area contributed by atoms with Gasteiger partial charge in [0.25, 0.3) is 0 Å². The number of benzene rings is 1. The third-order valence-electron chi connectivity index (χ3n) is 1.70. The van der Waals surface area contributed by atoms with Crippen molar-refractivity contribution in [2.24, 2.45) is 0 Å². The number of rotatable bonds is 0. The molecule has 0 aliphatic rings. The van der Waals surface area contributed by atoms with E-state index in [2.05, 4.69) is 4.98 Å². The second-order valence-electron chi connectivity index (χ2n) is 2.47. The first-order valence-electron chi connectivity index (χ1n) is 3.51. The fourth-order valence-corrected chi connectivity index (χ4v) is 1.34. The van der Waals surface area contributed by atoms with Gasteiger partial charge in [0.05, 0.1) is 5.02 Å². The molecule has 1 N–H and O–H groups in total. The Morgan fingerprint density at radius 2 is 2.00 bits per heavy atom. The maximum absolute atomic E-state index is 9.37. The number of pyridine rings is 1. The Morgan fingerprint density at radius 1 is 1.23 bits per heavy atom. The van der Waals surface area contributed by atoms with E-state index in [0.29, 0.717) is 10.5 Å². The molecular weight excluding hydrogens is 243 g/mol. The summed E-state index contributed by atoms with van der Waals surface area (Å²) in [7, 11) is 0. The van der Waals surface area contributed by atoms with Gasteiger partial charge in [0.15, 0.2) is 0 Å². The molecule has 0 saturated heterocycles. The molecule has 0 aliphatic carbocycles. The molecule has 1 aromatic carbocycles. The average Bonchev–Trinajstić information content (AvgIpc) is 2.12. The van der Waals surface area contributed by atoms with E-state index in [-0.39, 0.29) is 25.5 Å². The summed E-state index contributed by atoms with van der Waals surface area (Å²) >= 11 is 5.88.